The van der Waals surface area contributed by atoms with Crippen LogP contribution in [-0.4, -0.2) is 9.52 Å². The number of fused-ring (bicyclic) bond motifs is 5. The van der Waals surface area contributed by atoms with Gasteiger partial charge < -0.3 is 0 Å². The van der Waals surface area contributed by atoms with Crippen LogP contribution in [0.5, 0.6) is 0 Å². The van der Waals surface area contributed by atoms with E-state index < -0.39 is 25.9 Å². The molecule has 0 amide bonds. The van der Waals surface area contributed by atoms with E-state index in [-0.39, 0.29) is 7.25 Å². The molecule has 1 heterocycles. The van der Waals surface area contributed by atoms with Gasteiger partial charge in [-0.1, -0.05) is 0 Å². The fourth-order valence-electron chi connectivity index (χ4n) is 12.5. The van der Waals surface area contributed by atoms with E-state index in [1.807, 2.05) is 0 Å². The summed E-state index contributed by atoms with van der Waals surface area (Å²) in [6, 6.07) is 61.8. The molecule has 3 aliphatic rings. The molecule has 325 valence electrons. The average molecular weight is 990 g/mol. The fraction of sp³-hybridized carbons (Fsp3) is 0.161. The number of hydrogen-bond acceptors (Lipinski definition) is 0. The van der Waals surface area contributed by atoms with E-state index in [0.29, 0.717) is 0 Å². The van der Waals surface area contributed by atoms with Crippen molar-refractivity contribution in [1.29, 1.82) is 0 Å². The monoisotopic (exact) mass is 987 g/mol. The van der Waals surface area contributed by atoms with Gasteiger partial charge in [-0.05, 0) is 0 Å². The van der Waals surface area contributed by atoms with Crippen LogP contribution in [0.25, 0.3) is 56.7 Å². The first-order chi connectivity index (χ1) is 32.0. The van der Waals surface area contributed by atoms with Crippen LogP contribution >= 0.6 is 17.0 Å². The molecule has 0 saturated heterocycles. The topological polar surface area (TPSA) is 0 Å². The Hall–Kier alpha value is -5.08. The third-order valence-corrected chi connectivity index (χ3v) is 37.5. The minimum absolute atomic E-state index is 0.273. The zero-order valence-corrected chi connectivity index (χ0v) is 44.2. The normalized spacial score (nSPS) is 16.8. The second-order valence-electron chi connectivity index (χ2n) is 19.3. The molecule has 0 saturated carbocycles. The van der Waals surface area contributed by atoms with Crippen molar-refractivity contribution < 1.29 is 16.4 Å². The first-order valence-electron chi connectivity index (χ1n) is 23.8. The molecule has 0 bridgehead atoms. The Balaban J connectivity index is 1.30. The maximum absolute atomic E-state index is 9.66. The van der Waals surface area contributed by atoms with Crippen molar-refractivity contribution in [2.24, 2.45) is 0 Å². The van der Waals surface area contributed by atoms with Gasteiger partial charge in [0.2, 0.25) is 0 Å². The molecule has 8 aromatic rings. The third-order valence-electron chi connectivity index (χ3n) is 15.0. The number of hydrogen-bond donors (Lipinski definition) is 0. The van der Waals surface area contributed by atoms with Gasteiger partial charge in [0, 0.05) is 0 Å². The molecule has 2 unspecified atom stereocenters. The quantitative estimate of drug-likeness (QED) is 0.126. The number of halogens is 2. The molecule has 2 atom stereocenters. The molecule has 0 aromatic heterocycles. The van der Waals surface area contributed by atoms with Gasteiger partial charge in [0.15, 0.2) is 0 Å². The summed E-state index contributed by atoms with van der Waals surface area (Å²) in [6.45, 7) is 13.5. The van der Waals surface area contributed by atoms with Crippen molar-refractivity contribution in [2.75, 3.05) is 0 Å². The molecular formula is C62H55Cl2SiZr. The van der Waals surface area contributed by atoms with Gasteiger partial charge >= 0.3 is 405 Å². The van der Waals surface area contributed by atoms with E-state index >= 15 is 0 Å². The van der Waals surface area contributed by atoms with E-state index in [9.17, 15) is 17.0 Å². The van der Waals surface area contributed by atoms with Gasteiger partial charge in [0.1, 0.15) is 0 Å². The molecular weight excluding hydrogens is 935 g/mol. The second-order valence-corrected chi connectivity index (χ2v) is 41.7. The van der Waals surface area contributed by atoms with Gasteiger partial charge in [-0.25, -0.2) is 0 Å². The van der Waals surface area contributed by atoms with Crippen LogP contribution in [0.4, 0.5) is 0 Å². The van der Waals surface area contributed by atoms with Gasteiger partial charge in [0.25, 0.3) is 0 Å². The summed E-state index contributed by atoms with van der Waals surface area (Å²) in [6.07, 6.45) is 6.86. The van der Waals surface area contributed by atoms with E-state index in [1.165, 1.54) is 125 Å². The summed E-state index contributed by atoms with van der Waals surface area (Å²) in [7, 11) is 18.4. The van der Waals surface area contributed by atoms with Crippen LogP contribution < -0.4 is 13.6 Å². The van der Waals surface area contributed by atoms with Gasteiger partial charge in [-0.3, -0.25) is 0 Å². The first-order valence-corrected chi connectivity index (χ1v) is 35.6. The van der Waals surface area contributed by atoms with Gasteiger partial charge in [-0.2, -0.15) is 0 Å². The number of rotatable bonds is 9. The fourth-order valence-corrected chi connectivity index (χ4v) is 39.5. The molecule has 0 fully saturated rings. The van der Waals surface area contributed by atoms with Crippen molar-refractivity contribution in [3.8, 4) is 33.4 Å². The summed E-state index contributed by atoms with van der Waals surface area (Å²) in [5, 5.41) is 2.90. The van der Waals surface area contributed by atoms with E-state index in [2.05, 4.69) is 217 Å². The van der Waals surface area contributed by atoms with Crippen LogP contribution in [0.1, 0.15) is 87.9 Å². The SMILES string of the molecule is CCc1ccc2c(c1-c1cc(C)cc(C)c1)C=C(c1ccccc1)[CH]2[Zr]([Cl])([Cl])([c]1cccc2c1[SiH2]c1ccccc1-2)[CH]1C(c2ccccc2)=Cc2c1ccc(CC)c2-c1cc(C)cc(C)c1. The van der Waals surface area contributed by atoms with Crippen molar-refractivity contribution >= 4 is 63.5 Å². The second kappa shape index (κ2) is 16.6. The van der Waals surface area contributed by atoms with Crippen molar-refractivity contribution in [2.45, 2.75) is 61.6 Å². The molecule has 1 aliphatic heterocycles. The molecule has 8 aromatic carbocycles. The van der Waals surface area contributed by atoms with Crippen molar-refractivity contribution in [3.63, 3.8) is 0 Å². The van der Waals surface area contributed by atoms with Crippen molar-refractivity contribution in [1.82, 2.24) is 0 Å². The zero-order chi connectivity index (χ0) is 45.5. The van der Waals surface area contributed by atoms with Crippen LogP contribution in [0.3, 0.4) is 0 Å². The molecule has 0 nitrogen and oxygen atoms in total. The molecule has 0 spiro atoms. The van der Waals surface area contributed by atoms with E-state index in [0.717, 1.165) is 12.8 Å². The average Bonchev–Trinajstić information content (AvgIpc) is 4.04. The summed E-state index contributed by atoms with van der Waals surface area (Å²) in [5.74, 6) is 0. The predicted octanol–water partition coefficient (Wildman–Crippen LogP) is 14.7. The van der Waals surface area contributed by atoms with Crippen LogP contribution in [-0.2, 0) is 29.2 Å². The molecule has 0 radical (unpaired) electrons. The molecule has 0 N–H and O–H groups in total. The number of aryl methyl sites for hydroxylation is 6. The summed E-state index contributed by atoms with van der Waals surface area (Å²) in [5.41, 5.74) is 25.4. The molecule has 4 heteroatoms. The molecule has 66 heavy (non-hydrogen) atoms. The molecule has 2 aliphatic carbocycles. The zero-order valence-electron chi connectivity index (χ0n) is 38.8. The van der Waals surface area contributed by atoms with Crippen LogP contribution in [0.2, 0.25) is 0 Å². The Morgan fingerprint density at radius 1 is 0.455 bits per heavy atom. The minimum atomic E-state index is -6.00. The maximum atomic E-state index is 9.66. The summed E-state index contributed by atoms with van der Waals surface area (Å²) >= 11 is -6.00. The Labute approximate surface area is 402 Å². The Kier molecular flexibility index (Phi) is 10.9. The van der Waals surface area contributed by atoms with E-state index in [4.69, 9.17) is 0 Å². The van der Waals surface area contributed by atoms with Gasteiger partial charge in [-0.15, -0.1) is 0 Å². The molecule has 11 rings (SSSR count). The summed E-state index contributed by atoms with van der Waals surface area (Å²) in [4.78, 5) is 0. The first kappa shape index (κ1) is 43.5. The standard InChI is InChI=1S/2C25H23.C12H9Si.2ClH.Zr/c2*1-4-19-10-11-21-15-22(20-8-6-5-7-9-20)16-24(21)25(19)23-13-17(2)12-18(3)14-23;1-3-7-11-9(5-1)10-6-2-4-8-12(10)13-11;;;/h2*5-16H,4H2,1-3H3;1-7H,13H2;2*1H;/q;;;;;+2/p-2. The van der Waals surface area contributed by atoms with Gasteiger partial charge in [0.05, 0.1) is 0 Å². The Bertz CT molecular complexity index is 3130. The Morgan fingerprint density at radius 2 is 0.894 bits per heavy atom. The van der Waals surface area contributed by atoms with Crippen molar-refractivity contribution in [3.05, 3.63) is 231 Å². The third kappa shape index (κ3) is 6.85. The van der Waals surface area contributed by atoms with Crippen LogP contribution in [0, 0.1) is 27.7 Å². The predicted molar refractivity (Wildman–Crippen MR) is 287 cm³/mol. The Morgan fingerprint density at radius 3 is 1.36 bits per heavy atom. The summed E-state index contributed by atoms with van der Waals surface area (Å²) < 4.78 is 0.690. The number of allylic oxidation sites excluding steroid dienone is 2. The van der Waals surface area contributed by atoms with Crippen LogP contribution in [0.15, 0.2) is 164 Å². The van der Waals surface area contributed by atoms with E-state index in [1.54, 1.807) is 0 Å². The number of benzene rings is 8.